The summed E-state index contributed by atoms with van der Waals surface area (Å²) >= 11 is 0. The second-order valence-electron chi connectivity index (χ2n) is 6.10. The number of nitrogens with zero attached hydrogens (tertiary/aromatic N) is 1. The molecule has 1 aliphatic rings. The molecule has 0 bridgehead atoms. The van der Waals surface area contributed by atoms with Gasteiger partial charge >= 0.3 is 0 Å². The number of rotatable bonds is 5. The van der Waals surface area contributed by atoms with Crippen molar-refractivity contribution in [3.63, 3.8) is 0 Å². The van der Waals surface area contributed by atoms with E-state index in [0.717, 1.165) is 11.3 Å². The van der Waals surface area contributed by atoms with Gasteiger partial charge in [-0.15, -0.1) is 0 Å². The molecular weight excluding hydrogens is 310 g/mol. The number of ether oxygens (including phenoxy) is 1. The highest BCUT2D eigenvalue weighted by Gasteiger charge is 2.27. The first kappa shape index (κ1) is 16.3. The predicted octanol–water partition coefficient (Wildman–Crippen LogP) is 0.747. The zero-order chi connectivity index (χ0) is 17.1. The van der Waals surface area contributed by atoms with E-state index in [4.69, 9.17) is 4.74 Å². The molecule has 128 valence electrons. The summed E-state index contributed by atoms with van der Waals surface area (Å²) in [7, 11) is 0. The fraction of sp³-hybridized carbons (Fsp3) is 0.438. The number of aromatic amines is 2. The van der Waals surface area contributed by atoms with Crippen molar-refractivity contribution in [1.82, 2.24) is 25.8 Å². The number of H-pyrrole nitrogens is 2. The van der Waals surface area contributed by atoms with Gasteiger partial charge in [0.2, 0.25) is 0 Å². The maximum Gasteiger partial charge on any atom is 0.272 e. The Balaban J connectivity index is 1.62. The Kier molecular flexibility index (Phi) is 4.66. The van der Waals surface area contributed by atoms with Gasteiger partial charge in [-0.1, -0.05) is 0 Å². The summed E-state index contributed by atoms with van der Waals surface area (Å²) in [6.07, 6.45) is 3.67. The highest BCUT2D eigenvalue weighted by molar-refractivity contribution is 5.94. The Morgan fingerprint density at radius 2 is 2.25 bits per heavy atom. The lowest BCUT2D eigenvalue weighted by atomic mass is 10.0. The number of fused-ring (bicyclic) bond motifs is 1. The van der Waals surface area contributed by atoms with Gasteiger partial charge in [-0.3, -0.25) is 14.7 Å². The second kappa shape index (κ2) is 6.88. The molecule has 1 atom stereocenters. The van der Waals surface area contributed by atoms with Gasteiger partial charge in [0.05, 0.1) is 24.0 Å². The third-order valence-corrected chi connectivity index (χ3v) is 3.83. The molecule has 0 spiro atoms. The molecule has 0 aromatic carbocycles. The number of aromatic nitrogens is 3. The summed E-state index contributed by atoms with van der Waals surface area (Å²) < 4.78 is 5.72. The van der Waals surface area contributed by atoms with Crippen molar-refractivity contribution in [2.45, 2.75) is 39.0 Å². The highest BCUT2D eigenvalue weighted by atomic mass is 16.5. The van der Waals surface area contributed by atoms with Crippen molar-refractivity contribution < 1.29 is 14.3 Å². The Morgan fingerprint density at radius 1 is 1.42 bits per heavy atom. The zero-order valence-electron chi connectivity index (χ0n) is 13.7. The van der Waals surface area contributed by atoms with Crippen molar-refractivity contribution in [2.75, 3.05) is 6.54 Å². The van der Waals surface area contributed by atoms with Gasteiger partial charge in [-0.2, -0.15) is 5.10 Å². The van der Waals surface area contributed by atoms with Crippen molar-refractivity contribution in [2.24, 2.45) is 0 Å². The number of hydrogen-bond acceptors (Lipinski definition) is 4. The Hall–Kier alpha value is -2.61. The van der Waals surface area contributed by atoms with Crippen molar-refractivity contribution >= 4 is 11.8 Å². The maximum atomic E-state index is 12.2. The number of carbonyl (C=O) groups is 2. The molecular formula is C16H21N5O3. The lowest BCUT2D eigenvalue weighted by molar-refractivity contribution is 0.0266. The van der Waals surface area contributed by atoms with Gasteiger partial charge in [0.1, 0.15) is 0 Å². The topological polar surface area (TPSA) is 112 Å². The van der Waals surface area contributed by atoms with E-state index in [1.165, 1.54) is 0 Å². The van der Waals surface area contributed by atoms with Gasteiger partial charge < -0.3 is 20.4 Å². The van der Waals surface area contributed by atoms with E-state index in [2.05, 4.69) is 25.8 Å². The van der Waals surface area contributed by atoms with E-state index in [9.17, 15) is 9.59 Å². The molecule has 8 heteroatoms. The minimum Gasteiger partial charge on any atom is -0.370 e. The standard InChI is InChI=1S/C16H21N5O3/c1-9(2)19-16(23)14-12-5-11(24-8-13(12)20-21-14)7-18-15(22)10-3-4-17-6-10/h3-4,6,9,11,17H,5,7-8H2,1-2H3,(H,18,22)(H,19,23)(H,20,21). The van der Waals surface area contributed by atoms with Gasteiger partial charge in [-0.25, -0.2) is 0 Å². The van der Waals surface area contributed by atoms with Crippen LogP contribution in [0.4, 0.5) is 0 Å². The lowest BCUT2D eigenvalue weighted by Gasteiger charge is -2.23. The van der Waals surface area contributed by atoms with Crippen LogP contribution in [0.5, 0.6) is 0 Å². The van der Waals surface area contributed by atoms with E-state index in [0.29, 0.717) is 30.8 Å². The fourth-order valence-corrected chi connectivity index (χ4v) is 2.65. The van der Waals surface area contributed by atoms with Crippen LogP contribution >= 0.6 is 0 Å². The molecule has 4 N–H and O–H groups in total. The van der Waals surface area contributed by atoms with E-state index in [-0.39, 0.29) is 24.0 Å². The monoisotopic (exact) mass is 331 g/mol. The molecule has 24 heavy (non-hydrogen) atoms. The van der Waals surface area contributed by atoms with Crippen LogP contribution in [-0.2, 0) is 17.8 Å². The first-order valence-electron chi connectivity index (χ1n) is 7.94. The van der Waals surface area contributed by atoms with Gasteiger partial charge in [-0.05, 0) is 19.9 Å². The average Bonchev–Trinajstić information content (AvgIpc) is 3.21. The van der Waals surface area contributed by atoms with E-state index >= 15 is 0 Å². The Bertz CT molecular complexity index is 720. The Labute approximate surface area is 139 Å². The van der Waals surface area contributed by atoms with E-state index < -0.39 is 0 Å². The molecule has 8 nitrogen and oxygen atoms in total. The fourth-order valence-electron chi connectivity index (χ4n) is 2.65. The van der Waals surface area contributed by atoms with Crippen LogP contribution in [0.3, 0.4) is 0 Å². The summed E-state index contributed by atoms with van der Waals surface area (Å²) in [5.41, 5.74) is 2.66. The van der Waals surface area contributed by atoms with Crippen molar-refractivity contribution in [3.8, 4) is 0 Å². The van der Waals surface area contributed by atoms with Crippen LogP contribution in [0.2, 0.25) is 0 Å². The molecule has 2 aromatic heterocycles. The van der Waals surface area contributed by atoms with Crippen molar-refractivity contribution in [3.05, 3.63) is 41.0 Å². The first-order valence-corrected chi connectivity index (χ1v) is 7.94. The summed E-state index contributed by atoms with van der Waals surface area (Å²) in [6.45, 7) is 4.53. The quantitative estimate of drug-likeness (QED) is 0.647. The van der Waals surface area contributed by atoms with Gasteiger partial charge in [0, 0.05) is 37.0 Å². The SMILES string of the molecule is CC(C)NC(=O)c1n[nH]c2c1CC(CNC(=O)c1cc[nH]c1)OC2. The van der Waals surface area contributed by atoms with Crippen LogP contribution in [0.1, 0.15) is 46.0 Å². The van der Waals surface area contributed by atoms with E-state index in [1.807, 2.05) is 13.8 Å². The number of nitrogens with one attached hydrogen (secondary N) is 4. The molecule has 3 heterocycles. The lowest BCUT2D eigenvalue weighted by Crippen LogP contribution is -2.37. The number of amides is 2. The largest absolute Gasteiger partial charge is 0.370 e. The molecule has 0 saturated carbocycles. The average molecular weight is 331 g/mol. The minimum absolute atomic E-state index is 0.0427. The first-order chi connectivity index (χ1) is 11.5. The van der Waals surface area contributed by atoms with Crippen LogP contribution in [0, 0.1) is 0 Å². The third-order valence-electron chi connectivity index (χ3n) is 3.83. The molecule has 0 fully saturated rings. The second-order valence-corrected chi connectivity index (χ2v) is 6.10. The van der Waals surface area contributed by atoms with Gasteiger partial charge in [0.25, 0.3) is 11.8 Å². The van der Waals surface area contributed by atoms with Crippen LogP contribution in [0.25, 0.3) is 0 Å². The Morgan fingerprint density at radius 3 is 2.96 bits per heavy atom. The molecule has 0 saturated heterocycles. The molecule has 0 radical (unpaired) electrons. The van der Waals surface area contributed by atoms with Gasteiger partial charge in [0.15, 0.2) is 5.69 Å². The molecule has 2 aromatic rings. The zero-order valence-corrected chi connectivity index (χ0v) is 13.7. The molecule has 2 amide bonds. The highest BCUT2D eigenvalue weighted by Crippen LogP contribution is 2.22. The van der Waals surface area contributed by atoms with E-state index in [1.54, 1.807) is 18.5 Å². The molecule has 1 unspecified atom stereocenters. The smallest absolute Gasteiger partial charge is 0.272 e. The van der Waals surface area contributed by atoms with Crippen LogP contribution in [0.15, 0.2) is 18.5 Å². The van der Waals surface area contributed by atoms with Crippen LogP contribution in [-0.4, -0.2) is 45.7 Å². The predicted molar refractivity (Wildman–Crippen MR) is 86.6 cm³/mol. The molecule has 1 aliphatic heterocycles. The van der Waals surface area contributed by atoms with Crippen LogP contribution < -0.4 is 10.6 Å². The summed E-state index contributed by atoms with van der Waals surface area (Å²) in [5.74, 6) is -0.352. The number of hydrogen-bond donors (Lipinski definition) is 4. The normalized spacial score (nSPS) is 16.7. The summed E-state index contributed by atoms with van der Waals surface area (Å²) in [4.78, 5) is 27.0. The van der Waals surface area contributed by atoms with Crippen molar-refractivity contribution in [1.29, 1.82) is 0 Å². The minimum atomic E-state index is -0.195. The summed E-state index contributed by atoms with van der Waals surface area (Å²) in [5, 5.41) is 12.7. The molecule has 0 aliphatic carbocycles. The maximum absolute atomic E-state index is 12.2. The summed E-state index contributed by atoms with van der Waals surface area (Å²) in [6, 6.07) is 1.75. The third kappa shape index (κ3) is 3.48. The number of carbonyl (C=O) groups excluding carboxylic acids is 2. The molecule has 3 rings (SSSR count).